The lowest BCUT2D eigenvalue weighted by atomic mass is 9.89. The number of hydrogen-bond acceptors (Lipinski definition) is 1. The molecule has 1 atom stereocenters. The molecular weight excluding hydrogens is 407 g/mol. The standard InChI is InChI=1S/C18H8Cl5N/c19-14-13(15(20)17(22)18(23)16(14)21)12(8-24)11-7-3-5-9-4-1-2-6-10(9)11/h1-7,12H. The highest BCUT2D eigenvalue weighted by molar-refractivity contribution is 6.55. The summed E-state index contributed by atoms with van der Waals surface area (Å²) in [6.45, 7) is 0. The maximum atomic E-state index is 9.81. The SMILES string of the molecule is N#CC(c1c(Cl)c(Cl)c(Cl)c(Cl)c1Cl)c1cccc2ccccc12. The van der Waals surface area contributed by atoms with Crippen molar-refractivity contribution >= 4 is 68.8 Å². The molecule has 0 N–H and O–H groups in total. The van der Waals surface area contributed by atoms with Crippen LogP contribution in [0.2, 0.25) is 25.1 Å². The first-order valence-electron chi connectivity index (χ1n) is 6.86. The van der Waals surface area contributed by atoms with Gasteiger partial charge >= 0.3 is 0 Å². The summed E-state index contributed by atoms with van der Waals surface area (Å²) in [6, 6.07) is 15.7. The third-order valence-electron chi connectivity index (χ3n) is 3.80. The van der Waals surface area contributed by atoms with Gasteiger partial charge in [-0.3, -0.25) is 0 Å². The number of fused-ring (bicyclic) bond motifs is 1. The summed E-state index contributed by atoms with van der Waals surface area (Å²) in [5.41, 5.74) is 1.13. The predicted octanol–water partition coefficient (Wildman–Crippen LogP) is 7.76. The normalized spacial score (nSPS) is 12.2. The lowest BCUT2D eigenvalue weighted by molar-refractivity contribution is 1.05. The van der Waals surface area contributed by atoms with Gasteiger partial charge in [0.05, 0.1) is 37.1 Å². The number of nitrogens with zero attached hydrogens (tertiary/aromatic N) is 1. The molecule has 0 heterocycles. The second-order valence-electron chi connectivity index (χ2n) is 5.11. The van der Waals surface area contributed by atoms with Crippen LogP contribution < -0.4 is 0 Å². The summed E-state index contributed by atoms with van der Waals surface area (Å²) >= 11 is 31.0. The van der Waals surface area contributed by atoms with E-state index in [2.05, 4.69) is 6.07 Å². The quantitative estimate of drug-likeness (QED) is 0.310. The van der Waals surface area contributed by atoms with Gasteiger partial charge in [-0.25, -0.2) is 0 Å². The van der Waals surface area contributed by atoms with Crippen LogP contribution in [-0.2, 0) is 0 Å². The Kier molecular flexibility index (Phi) is 5.16. The van der Waals surface area contributed by atoms with Gasteiger partial charge < -0.3 is 0 Å². The number of nitriles is 1. The Morgan fingerprint density at radius 1 is 0.708 bits per heavy atom. The maximum Gasteiger partial charge on any atom is 0.0998 e. The summed E-state index contributed by atoms with van der Waals surface area (Å²) in [7, 11) is 0. The molecule has 1 nitrogen and oxygen atoms in total. The summed E-state index contributed by atoms with van der Waals surface area (Å²) in [4.78, 5) is 0. The van der Waals surface area contributed by atoms with Crippen molar-refractivity contribution in [3.63, 3.8) is 0 Å². The van der Waals surface area contributed by atoms with E-state index in [9.17, 15) is 5.26 Å². The molecule has 3 aromatic carbocycles. The minimum absolute atomic E-state index is 0.0756. The van der Waals surface area contributed by atoms with E-state index in [0.29, 0.717) is 5.56 Å². The van der Waals surface area contributed by atoms with E-state index in [0.717, 1.165) is 16.3 Å². The molecule has 0 saturated carbocycles. The van der Waals surface area contributed by atoms with Crippen LogP contribution in [-0.4, -0.2) is 0 Å². The average Bonchev–Trinajstić information content (AvgIpc) is 2.61. The van der Waals surface area contributed by atoms with Crippen molar-refractivity contribution in [1.29, 1.82) is 5.26 Å². The molecule has 1 unspecified atom stereocenters. The Hall–Kier alpha value is -1.14. The van der Waals surface area contributed by atoms with Crippen LogP contribution in [0.5, 0.6) is 0 Å². The van der Waals surface area contributed by atoms with E-state index in [4.69, 9.17) is 58.0 Å². The van der Waals surface area contributed by atoms with Gasteiger partial charge in [0.25, 0.3) is 0 Å². The minimum atomic E-state index is -0.733. The van der Waals surface area contributed by atoms with E-state index in [1.54, 1.807) is 0 Å². The smallest absolute Gasteiger partial charge is 0.0998 e. The first-order valence-corrected chi connectivity index (χ1v) is 8.75. The van der Waals surface area contributed by atoms with Crippen LogP contribution >= 0.6 is 58.0 Å². The highest BCUT2D eigenvalue weighted by atomic mass is 35.5. The van der Waals surface area contributed by atoms with E-state index in [1.165, 1.54) is 0 Å². The van der Waals surface area contributed by atoms with Crippen LogP contribution in [0.3, 0.4) is 0 Å². The number of rotatable bonds is 2. The molecule has 24 heavy (non-hydrogen) atoms. The fourth-order valence-electron chi connectivity index (χ4n) is 2.67. The van der Waals surface area contributed by atoms with Crippen LogP contribution in [0.15, 0.2) is 42.5 Å². The largest absolute Gasteiger partial charge is 0.197 e. The van der Waals surface area contributed by atoms with Gasteiger partial charge in [0, 0.05) is 5.56 Å². The number of hydrogen-bond donors (Lipinski definition) is 0. The first-order chi connectivity index (χ1) is 11.5. The molecule has 120 valence electrons. The van der Waals surface area contributed by atoms with Crippen LogP contribution in [0.4, 0.5) is 0 Å². The third kappa shape index (κ3) is 2.84. The van der Waals surface area contributed by atoms with Crippen molar-refractivity contribution in [3.8, 4) is 6.07 Å². The summed E-state index contributed by atoms with van der Waals surface area (Å²) < 4.78 is 0. The molecule has 3 aromatic rings. The molecule has 0 aliphatic carbocycles. The van der Waals surface area contributed by atoms with Gasteiger partial charge in [-0.05, 0) is 16.3 Å². The number of benzene rings is 3. The zero-order valence-corrected chi connectivity index (χ0v) is 15.7. The van der Waals surface area contributed by atoms with E-state index in [-0.39, 0.29) is 25.1 Å². The fourth-order valence-corrected chi connectivity index (χ4v) is 4.04. The molecular formula is C18H8Cl5N. The van der Waals surface area contributed by atoms with Crippen molar-refractivity contribution in [2.24, 2.45) is 0 Å². The molecule has 3 rings (SSSR count). The zero-order valence-electron chi connectivity index (χ0n) is 12.0. The highest BCUT2D eigenvalue weighted by Crippen LogP contribution is 2.48. The molecule has 6 heteroatoms. The molecule has 0 aliphatic heterocycles. The zero-order chi connectivity index (χ0) is 17.4. The molecule has 0 amide bonds. The maximum absolute atomic E-state index is 9.81. The first kappa shape index (κ1) is 17.7. The Bertz CT molecular complexity index is 956. The Balaban J connectivity index is 2.34. The predicted molar refractivity (Wildman–Crippen MR) is 103 cm³/mol. The Labute approximate surface area is 164 Å². The van der Waals surface area contributed by atoms with Crippen molar-refractivity contribution in [3.05, 3.63) is 78.7 Å². The van der Waals surface area contributed by atoms with E-state index < -0.39 is 5.92 Å². The molecule has 0 saturated heterocycles. The summed E-state index contributed by atoms with van der Waals surface area (Å²) in [5, 5.41) is 12.3. The summed E-state index contributed by atoms with van der Waals surface area (Å²) in [6.07, 6.45) is 0. The second kappa shape index (κ2) is 7.00. The molecule has 0 radical (unpaired) electrons. The average molecular weight is 416 g/mol. The fraction of sp³-hybridized carbons (Fsp3) is 0.0556. The molecule has 0 bridgehead atoms. The Morgan fingerprint density at radius 2 is 1.25 bits per heavy atom. The highest BCUT2D eigenvalue weighted by Gasteiger charge is 2.27. The molecule has 0 aliphatic rings. The van der Waals surface area contributed by atoms with Crippen molar-refractivity contribution in [2.45, 2.75) is 5.92 Å². The van der Waals surface area contributed by atoms with E-state index in [1.807, 2.05) is 42.5 Å². The Morgan fingerprint density at radius 3 is 1.88 bits per heavy atom. The third-order valence-corrected chi connectivity index (χ3v) is 6.10. The van der Waals surface area contributed by atoms with Gasteiger partial charge in [-0.15, -0.1) is 0 Å². The van der Waals surface area contributed by atoms with E-state index >= 15 is 0 Å². The number of halogens is 5. The molecule has 0 spiro atoms. The second-order valence-corrected chi connectivity index (χ2v) is 7.00. The molecule has 0 aromatic heterocycles. The summed E-state index contributed by atoms with van der Waals surface area (Å²) in [5.74, 6) is -0.733. The lowest BCUT2D eigenvalue weighted by Crippen LogP contribution is -2.03. The van der Waals surface area contributed by atoms with Crippen LogP contribution in [0.1, 0.15) is 17.0 Å². The van der Waals surface area contributed by atoms with Crippen LogP contribution in [0, 0.1) is 11.3 Å². The lowest BCUT2D eigenvalue weighted by Gasteiger charge is -2.18. The van der Waals surface area contributed by atoms with Gasteiger partial charge in [-0.1, -0.05) is 100 Å². The topological polar surface area (TPSA) is 23.8 Å². The van der Waals surface area contributed by atoms with Crippen molar-refractivity contribution in [1.82, 2.24) is 0 Å². The van der Waals surface area contributed by atoms with Crippen molar-refractivity contribution in [2.75, 3.05) is 0 Å². The minimum Gasteiger partial charge on any atom is -0.197 e. The van der Waals surface area contributed by atoms with Gasteiger partial charge in [0.2, 0.25) is 0 Å². The van der Waals surface area contributed by atoms with Crippen LogP contribution in [0.25, 0.3) is 10.8 Å². The monoisotopic (exact) mass is 413 g/mol. The van der Waals surface area contributed by atoms with Crippen molar-refractivity contribution < 1.29 is 0 Å². The van der Waals surface area contributed by atoms with Gasteiger partial charge in [-0.2, -0.15) is 5.26 Å². The molecule has 0 fully saturated rings. The van der Waals surface area contributed by atoms with Gasteiger partial charge in [0.15, 0.2) is 0 Å². The van der Waals surface area contributed by atoms with Gasteiger partial charge in [0.1, 0.15) is 0 Å².